The van der Waals surface area contributed by atoms with E-state index < -0.39 is 112 Å². The molecule has 6 rings (SSSR count). The van der Waals surface area contributed by atoms with Gasteiger partial charge in [-0.3, -0.25) is 24.0 Å². The molecule has 14 nitrogen and oxygen atoms in total. The molecule has 0 aromatic heterocycles. The van der Waals surface area contributed by atoms with Gasteiger partial charge in [0.2, 0.25) is 5.60 Å². The molecule has 0 unspecified atom stereocenters. The first-order chi connectivity index (χ1) is 23.7. The minimum absolute atomic E-state index is 0.0752. The van der Waals surface area contributed by atoms with Crippen LogP contribution in [0.25, 0.3) is 0 Å². The summed E-state index contributed by atoms with van der Waals surface area (Å²) >= 11 is 0. The fourth-order valence-electron chi connectivity index (χ4n) is 9.63. The van der Waals surface area contributed by atoms with Crippen LogP contribution in [0, 0.1) is 23.7 Å². The molecule has 51 heavy (non-hydrogen) atoms. The highest BCUT2D eigenvalue weighted by atomic mass is 16.7. The Morgan fingerprint density at radius 1 is 0.745 bits per heavy atom. The first-order valence-electron chi connectivity index (χ1n) is 16.9. The SMILES string of the molecule is C=C(C)[C@@]1(OC(=O)c2ccccc2)[C@H](OC(C)=O)[C@@H]2[C@H](OC(C)=O)[C@]3(C)O[C@]4([C@@H]3OC(C)=O)[C@@H](OC(C)=O)[C@@H](C)C[C@H]4[C@@]2(O)[C@H](C)[C@@H]1OC(C)=O. The van der Waals surface area contributed by atoms with Crippen molar-refractivity contribution in [1.29, 1.82) is 0 Å². The fraction of sp³-hybridized carbons (Fsp3) is 0.622. The predicted octanol–water partition coefficient (Wildman–Crippen LogP) is 3.01. The molecule has 3 saturated carbocycles. The van der Waals surface area contributed by atoms with Gasteiger partial charge in [-0.15, -0.1) is 0 Å². The van der Waals surface area contributed by atoms with E-state index in [0.29, 0.717) is 0 Å². The van der Waals surface area contributed by atoms with Gasteiger partial charge >= 0.3 is 35.8 Å². The normalized spacial score (nSPS) is 40.5. The van der Waals surface area contributed by atoms with Crippen molar-refractivity contribution in [3.05, 3.63) is 48.0 Å². The molecule has 3 aliphatic carbocycles. The summed E-state index contributed by atoms with van der Waals surface area (Å²) in [5, 5.41) is 13.6. The molecule has 5 fully saturated rings. The van der Waals surface area contributed by atoms with Crippen LogP contribution >= 0.6 is 0 Å². The zero-order valence-electron chi connectivity index (χ0n) is 30.3. The van der Waals surface area contributed by atoms with Crippen molar-refractivity contribution in [2.75, 3.05) is 0 Å². The van der Waals surface area contributed by atoms with E-state index >= 15 is 0 Å². The smallest absolute Gasteiger partial charge is 0.339 e. The van der Waals surface area contributed by atoms with E-state index in [2.05, 4.69) is 6.58 Å². The number of carbonyl (C=O) groups is 6. The Morgan fingerprint density at radius 2 is 1.24 bits per heavy atom. The predicted molar refractivity (Wildman–Crippen MR) is 174 cm³/mol. The number of hydrogen-bond donors (Lipinski definition) is 1. The Bertz CT molecular complexity index is 1640. The Labute approximate surface area is 296 Å². The van der Waals surface area contributed by atoms with Crippen LogP contribution in [0.5, 0.6) is 0 Å². The minimum atomic E-state index is -2.20. The van der Waals surface area contributed by atoms with E-state index in [9.17, 15) is 33.9 Å². The van der Waals surface area contributed by atoms with Crippen LogP contribution in [-0.2, 0) is 57.1 Å². The monoisotopic (exact) mass is 714 g/mol. The minimum Gasteiger partial charge on any atom is -0.459 e. The first kappa shape index (κ1) is 37.9. The number of ether oxygens (including phenoxy) is 7. The van der Waals surface area contributed by atoms with Crippen LogP contribution in [0.4, 0.5) is 0 Å². The highest BCUT2D eigenvalue weighted by Crippen LogP contribution is 2.71. The highest BCUT2D eigenvalue weighted by Gasteiger charge is 2.89. The van der Waals surface area contributed by atoms with Crippen molar-refractivity contribution in [1.82, 2.24) is 0 Å². The van der Waals surface area contributed by atoms with E-state index in [4.69, 9.17) is 33.2 Å². The molecule has 14 heteroatoms. The lowest BCUT2D eigenvalue weighted by Crippen LogP contribution is -2.80. The Kier molecular flexibility index (Phi) is 9.70. The molecule has 1 spiro atoms. The maximum absolute atomic E-state index is 14.0. The van der Waals surface area contributed by atoms with Gasteiger partial charge in [0.05, 0.1) is 17.1 Å². The molecular weight excluding hydrogens is 668 g/mol. The van der Waals surface area contributed by atoms with E-state index in [1.165, 1.54) is 39.8 Å². The molecule has 0 amide bonds. The Hall–Kier alpha value is -4.30. The molecule has 1 aromatic carbocycles. The maximum Gasteiger partial charge on any atom is 0.339 e. The van der Waals surface area contributed by atoms with Gasteiger partial charge in [-0.2, -0.15) is 0 Å². The standard InChI is InChI=1S/C37H46O14/c1-17(2)36(50-32(43)25-14-12-11-13-15-25)29(46-21(6)39)19(4)35(44)26-16-18(3)28(45-20(5)38)37(26)33(49-24(9)42)34(10,51-37)30(47-22(7)40)27(35)31(36)48-23(8)41/h11-15,18-19,26-31,33,44H,1,16H2,2-10H3/t18-,19+,26-,27-,28-,29-,30-,31+,33+,34-,35-,36-,37-/m0/s1. The number of esters is 6. The van der Waals surface area contributed by atoms with Crippen molar-refractivity contribution in [3.8, 4) is 0 Å². The highest BCUT2D eigenvalue weighted by molar-refractivity contribution is 5.90. The van der Waals surface area contributed by atoms with Gasteiger partial charge in [0, 0.05) is 46.5 Å². The molecule has 2 saturated heterocycles. The van der Waals surface area contributed by atoms with Gasteiger partial charge in [0.15, 0.2) is 23.9 Å². The third kappa shape index (κ3) is 5.61. The van der Waals surface area contributed by atoms with E-state index in [1.807, 2.05) is 0 Å². The molecule has 2 aliphatic heterocycles. The molecule has 2 bridgehead atoms. The van der Waals surface area contributed by atoms with Crippen LogP contribution in [0.3, 0.4) is 0 Å². The van der Waals surface area contributed by atoms with Crippen LogP contribution in [-0.4, -0.2) is 93.8 Å². The fourth-order valence-corrected chi connectivity index (χ4v) is 9.63. The number of rotatable bonds is 8. The second kappa shape index (κ2) is 13.0. The molecule has 0 radical (unpaired) electrons. The Morgan fingerprint density at radius 3 is 1.75 bits per heavy atom. The molecule has 1 aromatic rings. The lowest BCUT2D eigenvalue weighted by Gasteiger charge is -2.62. The third-order valence-corrected chi connectivity index (χ3v) is 11.2. The third-order valence-electron chi connectivity index (χ3n) is 11.2. The van der Waals surface area contributed by atoms with E-state index in [1.54, 1.807) is 32.0 Å². The largest absolute Gasteiger partial charge is 0.459 e. The van der Waals surface area contributed by atoms with E-state index in [-0.39, 0.29) is 17.6 Å². The van der Waals surface area contributed by atoms with Crippen LogP contribution in [0.2, 0.25) is 0 Å². The van der Waals surface area contributed by atoms with Gasteiger partial charge in [0.25, 0.3) is 0 Å². The van der Waals surface area contributed by atoms with Crippen molar-refractivity contribution < 1.29 is 67.0 Å². The quantitative estimate of drug-likeness (QED) is 0.235. The molecule has 1 N–H and O–H groups in total. The summed E-state index contributed by atoms with van der Waals surface area (Å²) in [6, 6.07) is 7.92. The van der Waals surface area contributed by atoms with Gasteiger partial charge in [-0.25, -0.2) is 4.79 Å². The van der Waals surface area contributed by atoms with Gasteiger partial charge in [0.1, 0.15) is 17.8 Å². The van der Waals surface area contributed by atoms with Crippen LogP contribution in [0.1, 0.15) is 79.1 Å². The van der Waals surface area contributed by atoms with Crippen molar-refractivity contribution >= 4 is 35.8 Å². The molecule has 13 atom stereocenters. The topological polar surface area (TPSA) is 187 Å². The second-order valence-corrected chi connectivity index (χ2v) is 14.5. The number of benzene rings is 1. The summed E-state index contributed by atoms with van der Waals surface area (Å²) in [7, 11) is 0. The maximum atomic E-state index is 14.0. The lowest BCUT2D eigenvalue weighted by atomic mass is 9.52. The van der Waals surface area contributed by atoms with Gasteiger partial charge in [-0.1, -0.05) is 38.6 Å². The zero-order chi connectivity index (χ0) is 38.0. The van der Waals surface area contributed by atoms with Gasteiger partial charge in [-0.05, 0) is 43.9 Å². The molecule has 278 valence electrons. The summed E-state index contributed by atoms with van der Waals surface area (Å²) < 4.78 is 43.1. The summed E-state index contributed by atoms with van der Waals surface area (Å²) in [6.07, 6.45) is -7.17. The molecule has 5 aliphatic rings. The second-order valence-electron chi connectivity index (χ2n) is 14.5. The van der Waals surface area contributed by atoms with Crippen molar-refractivity contribution in [2.24, 2.45) is 23.7 Å². The average Bonchev–Trinajstić information content (AvgIpc) is 3.25. The van der Waals surface area contributed by atoms with Crippen LogP contribution in [0.15, 0.2) is 42.5 Å². The van der Waals surface area contributed by atoms with Crippen LogP contribution < -0.4 is 0 Å². The number of aliphatic hydroxyl groups is 1. The van der Waals surface area contributed by atoms with E-state index in [0.717, 1.165) is 20.8 Å². The molecule has 2 heterocycles. The summed E-state index contributed by atoms with van der Waals surface area (Å²) in [4.78, 5) is 78.5. The zero-order valence-corrected chi connectivity index (χ0v) is 30.3. The molecular formula is C37H46O14. The summed E-state index contributed by atoms with van der Waals surface area (Å²) in [5.41, 5.74) is -7.70. The number of carbonyl (C=O) groups excluding carboxylic acids is 6. The Balaban J connectivity index is 1.89. The number of hydrogen-bond acceptors (Lipinski definition) is 14. The van der Waals surface area contributed by atoms with Gasteiger partial charge < -0.3 is 38.3 Å². The van der Waals surface area contributed by atoms with Crippen molar-refractivity contribution in [3.63, 3.8) is 0 Å². The lowest BCUT2D eigenvalue weighted by molar-refractivity contribution is -0.391. The summed E-state index contributed by atoms with van der Waals surface area (Å²) in [5.74, 6) is -9.17. The first-order valence-corrected chi connectivity index (χ1v) is 16.9. The average molecular weight is 715 g/mol. The van der Waals surface area contributed by atoms with Crippen molar-refractivity contribution in [2.45, 2.75) is 122 Å². The summed E-state index contributed by atoms with van der Waals surface area (Å²) in [6.45, 7) is 16.2.